The van der Waals surface area contributed by atoms with Crippen LogP contribution in [0.25, 0.3) is 0 Å². The van der Waals surface area contributed by atoms with Crippen LogP contribution in [0.2, 0.25) is 0 Å². The third-order valence-corrected chi connectivity index (χ3v) is 3.80. The van der Waals surface area contributed by atoms with Crippen molar-refractivity contribution in [1.29, 1.82) is 5.26 Å². The molecule has 0 spiro atoms. The summed E-state index contributed by atoms with van der Waals surface area (Å²) in [5.74, 6) is 0.147. The summed E-state index contributed by atoms with van der Waals surface area (Å²) in [6, 6.07) is 10.4. The minimum Gasteiger partial charge on any atom is -0.373 e. The zero-order chi connectivity index (χ0) is 13.2. The average Bonchev–Trinajstić information content (AvgIpc) is 3.17. The number of carbonyl (C=O) groups is 1. The van der Waals surface area contributed by atoms with E-state index in [9.17, 15) is 4.79 Å². The van der Waals surface area contributed by atoms with Crippen LogP contribution in [0.1, 0.15) is 24.8 Å². The monoisotopic (exact) mass is 255 g/mol. The molecule has 1 aromatic carbocycles. The molecule has 0 saturated heterocycles. The molecule has 1 aliphatic heterocycles. The molecule has 3 rings (SSSR count). The van der Waals surface area contributed by atoms with E-state index in [4.69, 9.17) is 5.26 Å². The maximum absolute atomic E-state index is 12.6. The van der Waals surface area contributed by atoms with Crippen LogP contribution in [0, 0.1) is 11.3 Å². The van der Waals surface area contributed by atoms with Gasteiger partial charge >= 0.3 is 0 Å². The highest BCUT2D eigenvalue weighted by molar-refractivity contribution is 5.88. The van der Waals surface area contributed by atoms with E-state index in [0.717, 1.165) is 24.9 Å². The molecule has 1 amide bonds. The average molecular weight is 255 g/mol. The molecule has 1 unspecified atom stereocenters. The number of amides is 1. The molecule has 4 heteroatoms. The van der Waals surface area contributed by atoms with Gasteiger partial charge < -0.3 is 10.2 Å². The number of hydrogen-bond donors (Lipinski definition) is 1. The Morgan fingerprint density at radius 3 is 2.89 bits per heavy atom. The van der Waals surface area contributed by atoms with Crippen molar-refractivity contribution >= 4 is 11.6 Å². The summed E-state index contributed by atoms with van der Waals surface area (Å²) < 4.78 is 0. The summed E-state index contributed by atoms with van der Waals surface area (Å²) in [4.78, 5) is 14.5. The second kappa shape index (κ2) is 4.93. The van der Waals surface area contributed by atoms with Crippen molar-refractivity contribution in [1.82, 2.24) is 4.90 Å². The Hall–Kier alpha value is -2.02. The summed E-state index contributed by atoms with van der Waals surface area (Å²) in [5.41, 5.74) is 2.27. The molecule has 4 nitrogen and oxygen atoms in total. The fourth-order valence-corrected chi connectivity index (χ4v) is 2.68. The molecular formula is C15H17N3O. The van der Waals surface area contributed by atoms with Gasteiger partial charge in [0, 0.05) is 24.7 Å². The second-order valence-electron chi connectivity index (χ2n) is 5.23. The highest BCUT2D eigenvalue weighted by Gasteiger charge is 2.37. The molecule has 1 fully saturated rings. The molecule has 0 aromatic heterocycles. The molecule has 0 bridgehead atoms. The van der Waals surface area contributed by atoms with E-state index in [-0.39, 0.29) is 11.9 Å². The van der Waals surface area contributed by atoms with Crippen LogP contribution in [-0.4, -0.2) is 29.4 Å². The number of nitriles is 1. The molecule has 1 N–H and O–H groups in total. The van der Waals surface area contributed by atoms with Crippen molar-refractivity contribution in [2.45, 2.75) is 37.8 Å². The Morgan fingerprint density at radius 2 is 2.21 bits per heavy atom. The third-order valence-electron chi connectivity index (χ3n) is 3.80. The van der Waals surface area contributed by atoms with Gasteiger partial charge in [-0.15, -0.1) is 0 Å². The molecule has 1 saturated carbocycles. The number of hydrogen-bond acceptors (Lipinski definition) is 3. The number of fused-ring (bicyclic) bond motifs is 1. The van der Waals surface area contributed by atoms with Gasteiger partial charge in [-0.2, -0.15) is 5.26 Å². The first kappa shape index (κ1) is 12.0. The van der Waals surface area contributed by atoms with Crippen LogP contribution >= 0.6 is 0 Å². The Morgan fingerprint density at radius 1 is 1.42 bits per heavy atom. The first-order valence-electron chi connectivity index (χ1n) is 6.81. The van der Waals surface area contributed by atoms with Gasteiger partial charge in [-0.3, -0.25) is 4.79 Å². The summed E-state index contributed by atoms with van der Waals surface area (Å²) in [7, 11) is 0. The van der Waals surface area contributed by atoms with Gasteiger partial charge in [0.05, 0.1) is 12.5 Å². The second-order valence-corrected chi connectivity index (χ2v) is 5.23. The highest BCUT2D eigenvalue weighted by Crippen LogP contribution is 2.31. The fourth-order valence-electron chi connectivity index (χ4n) is 2.68. The van der Waals surface area contributed by atoms with Crippen LogP contribution in [-0.2, 0) is 11.2 Å². The Labute approximate surface area is 113 Å². The van der Waals surface area contributed by atoms with Crippen LogP contribution < -0.4 is 5.32 Å². The molecule has 2 aliphatic rings. The largest absolute Gasteiger partial charge is 0.373 e. The van der Waals surface area contributed by atoms with Crippen LogP contribution in [0.4, 0.5) is 5.69 Å². The molecule has 98 valence electrons. The normalized spacial score (nSPS) is 20.3. The summed E-state index contributed by atoms with van der Waals surface area (Å²) in [6.45, 7) is 0.564. The van der Waals surface area contributed by atoms with Crippen molar-refractivity contribution in [3.8, 4) is 6.07 Å². The lowest BCUT2D eigenvalue weighted by Crippen LogP contribution is -2.43. The topological polar surface area (TPSA) is 56.1 Å². The third kappa shape index (κ3) is 2.41. The van der Waals surface area contributed by atoms with E-state index in [1.807, 2.05) is 23.1 Å². The quantitative estimate of drug-likeness (QED) is 0.894. The number of para-hydroxylation sites is 1. The number of carbonyl (C=O) groups excluding carboxylic acids is 1. The number of benzene rings is 1. The Bertz CT molecular complexity index is 505. The lowest BCUT2D eigenvalue weighted by Gasteiger charge is -2.24. The molecule has 0 radical (unpaired) electrons. The molecule has 1 heterocycles. The number of anilines is 1. The fraction of sp³-hybridized carbons (Fsp3) is 0.467. The van der Waals surface area contributed by atoms with E-state index in [1.165, 1.54) is 5.56 Å². The van der Waals surface area contributed by atoms with Gasteiger partial charge in [-0.25, -0.2) is 0 Å². The van der Waals surface area contributed by atoms with Gasteiger partial charge in [0.15, 0.2) is 0 Å². The molecule has 1 aliphatic carbocycles. The van der Waals surface area contributed by atoms with E-state index in [0.29, 0.717) is 19.0 Å². The van der Waals surface area contributed by atoms with E-state index in [1.54, 1.807) is 0 Å². The molecule has 1 atom stereocenters. The van der Waals surface area contributed by atoms with E-state index >= 15 is 0 Å². The van der Waals surface area contributed by atoms with Crippen molar-refractivity contribution in [3.63, 3.8) is 0 Å². The maximum atomic E-state index is 12.6. The molecular weight excluding hydrogens is 238 g/mol. The van der Waals surface area contributed by atoms with Gasteiger partial charge in [0.1, 0.15) is 6.04 Å². The minimum absolute atomic E-state index is 0.147. The molecule has 19 heavy (non-hydrogen) atoms. The van der Waals surface area contributed by atoms with Gasteiger partial charge in [0.25, 0.3) is 0 Å². The Kier molecular flexibility index (Phi) is 3.12. The highest BCUT2D eigenvalue weighted by atomic mass is 16.2. The SMILES string of the molecule is N#CCCN(C(=O)C1Cc2ccccc2N1)C1CC1. The van der Waals surface area contributed by atoms with Crippen molar-refractivity contribution in [2.75, 3.05) is 11.9 Å². The number of rotatable bonds is 4. The van der Waals surface area contributed by atoms with Crippen molar-refractivity contribution in [2.24, 2.45) is 0 Å². The number of nitrogens with one attached hydrogen (secondary N) is 1. The predicted octanol–water partition coefficient (Wildman–Crippen LogP) is 1.93. The summed E-state index contributed by atoms with van der Waals surface area (Å²) in [6.07, 6.45) is 3.33. The first-order valence-corrected chi connectivity index (χ1v) is 6.81. The zero-order valence-electron chi connectivity index (χ0n) is 10.8. The standard InChI is InChI=1S/C15H17N3O/c16-8-3-9-18(12-6-7-12)15(19)14-10-11-4-1-2-5-13(11)17-14/h1-2,4-5,12,14,17H,3,6-7,9-10H2. The van der Waals surface area contributed by atoms with Crippen molar-refractivity contribution < 1.29 is 4.79 Å². The van der Waals surface area contributed by atoms with Gasteiger partial charge in [0.2, 0.25) is 5.91 Å². The van der Waals surface area contributed by atoms with E-state index < -0.39 is 0 Å². The van der Waals surface area contributed by atoms with Crippen LogP contribution in [0.5, 0.6) is 0 Å². The van der Waals surface area contributed by atoms with Crippen molar-refractivity contribution in [3.05, 3.63) is 29.8 Å². The molecule has 1 aromatic rings. The Balaban J connectivity index is 1.69. The maximum Gasteiger partial charge on any atom is 0.245 e. The van der Waals surface area contributed by atoms with Crippen LogP contribution in [0.15, 0.2) is 24.3 Å². The van der Waals surface area contributed by atoms with Gasteiger partial charge in [-0.05, 0) is 24.5 Å². The van der Waals surface area contributed by atoms with E-state index in [2.05, 4.69) is 17.5 Å². The first-order chi connectivity index (χ1) is 9.29. The number of nitrogens with zero attached hydrogens (tertiary/aromatic N) is 2. The zero-order valence-corrected chi connectivity index (χ0v) is 10.8. The minimum atomic E-state index is -0.156. The lowest BCUT2D eigenvalue weighted by molar-refractivity contribution is -0.132. The summed E-state index contributed by atoms with van der Waals surface area (Å²) >= 11 is 0. The smallest absolute Gasteiger partial charge is 0.245 e. The van der Waals surface area contributed by atoms with Crippen LogP contribution in [0.3, 0.4) is 0 Å². The predicted molar refractivity (Wildman–Crippen MR) is 72.5 cm³/mol. The lowest BCUT2D eigenvalue weighted by atomic mass is 10.1. The summed E-state index contributed by atoms with van der Waals surface area (Å²) in [5, 5.41) is 12.0. The van der Waals surface area contributed by atoms with Gasteiger partial charge in [-0.1, -0.05) is 18.2 Å².